The van der Waals surface area contributed by atoms with Crippen LogP contribution in [-0.2, 0) is 10.2 Å². The smallest absolute Gasteiger partial charge is 0.478 e. The second-order valence-electron chi connectivity index (χ2n) is 8.37. The lowest BCUT2D eigenvalue weighted by molar-refractivity contribution is -0.274. The lowest BCUT2D eigenvalue weighted by Crippen LogP contribution is -2.16. The third-order valence-corrected chi connectivity index (χ3v) is 4.79. The van der Waals surface area contributed by atoms with Gasteiger partial charge in [0.2, 0.25) is 0 Å². The predicted molar refractivity (Wildman–Crippen MR) is 120 cm³/mol. The van der Waals surface area contributed by atoms with E-state index in [-0.39, 0.29) is 11.2 Å². The van der Waals surface area contributed by atoms with Crippen molar-refractivity contribution in [2.45, 2.75) is 32.5 Å². The molecule has 0 fully saturated rings. The molecule has 0 aliphatic rings. The number of hydrogen-bond donors (Lipinski definition) is 1. The van der Waals surface area contributed by atoms with Crippen LogP contribution in [0.5, 0.6) is 17.2 Å². The second kappa shape index (κ2) is 9.40. The van der Waals surface area contributed by atoms with Crippen molar-refractivity contribution >= 4 is 12.0 Å². The summed E-state index contributed by atoms with van der Waals surface area (Å²) < 4.78 is 47.2. The summed E-state index contributed by atoms with van der Waals surface area (Å²) in [5.74, 6) is -0.439. The Morgan fingerprint density at radius 3 is 1.97 bits per heavy atom. The molecule has 0 radical (unpaired) electrons. The minimum atomic E-state index is -4.76. The molecule has 7 heteroatoms. The van der Waals surface area contributed by atoms with Crippen LogP contribution in [0, 0.1) is 0 Å². The molecule has 0 saturated heterocycles. The predicted octanol–water partition coefficient (Wildman–Crippen LogP) is 7.44. The maximum atomic E-state index is 12.4. The number of alkyl halides is 3. The molecule has 3 aromatic rings. The zero-order valence-electron chi connectivity index (χ0n) is 18.3. The number of rotatable bonds is 6. The van der Waals surface area contributed by atoms with E-state index in [9.17, 15) is 18.0 Å². The number of benzene rings is 3. The van der Waals surface area contributed by atoms with Crippen LogP contribution in [0.4, 0.5) is 13.2 Å². The fourth-order valence-electron chi connectivity index (χ4n) is 3.10. The van der Waals surface area contributed by atoms with Gasteiger partial charge >= 0.3 is 12.3 Å². The maximum absolute atomic E-state index is 12.4. The molecule has 0 heterocycles. The van der Waals surface area contributed by atoms with Crippen LogP contribution in [0.3, 0.4) is 0 Å². The minimum absolute atomic E-state index is 0.0180. The Hall–Kier alpha value is -3.74. The molecule has 3 rings (SSSR count). The van der Waals surface area contributed by atoms with E-state index in [2.05, 4.69) is 25.5 Å². The van der Waals surface area contributed by atoms with Crippen molar-refractivity contribution in [3.05, 3.63) is 83.9 Å². The molecule has 0 saturated carbocycles. The molecule has 172 valence electrons. The van der Waals surface area contributed by atoms with Gasteiger partial charge < -0.3 is 14.6 Å². The third kappa shape index (κ3) is 6.87. The van der Waals surface area contributed by atoms with Gasteiger partial charge in [0.15, 0.2) is 0 Å². The van der Waals surface area contributed by atoms with E-state index in [0.717, 1.165) is 11.6 Å². The second-order valence-corrected chi connectivity index (χ2v) is 8.37. The fourth-order valence-corrected chi connectivity index (χ4v) is 3.10. The van der Waals surface area contributed by atoms with Gasteiger partial charge in [0.25, 0.3) is 0 Å². The van der Waals surface area contributed by atoms with Crippen LogP contribution < -0.4 is 9.47 Å². The minimum Gasteiger partial charge on any atom is -0.478 e. The average Bonchev–Trinajstić information content (AvgIpc) is 2.72. The standard InChI is InChI=1S/C26H23F3O4/c1-25(2,3)20-9-13-21(14-10-20)32-23-16-19(5-4-18(23)8-15-24(30)31)17-6-11-22(12-7-17)33-26(27,28)29/h4-16H,1-3H3,(H,30,31)/b15-8-. The molecule has 0 aromatic heterocycles. The van der Waals surface area contributed by atoms with Crippen LogP contribution in [0.1, 0.15) is 31.9 Å². The molecular weight excluding hydrogens is 433 g/mol. The van der Waals surface area contributed by atoms with E-state index in [0.29, 0.717) is 28.2 Å². The number of carboxylic acids is 1. The molecule has 0 atom stereocenters. The van der Waals surface area contributed by atoms with Gasteiger partial charge in [-0.1, -0.05) is 57.2 Å². The van der Waals surface area contributed by atoms with Crippen LogP contribution in [-0.4, -0.2) is 17.4 Å². The topological polar surface area (TPSA) is 55.8 Å². The Bertz CT molecular complexity index is 1140. The van der Waals surface area contributed by atoms with E-state index in [1.165, 1.54) is 30.3 Å². The highest BCUT2D eigenvalue weighted by atomic mass is 19.4. The van der Waals surface area contributed by atoms with Gasteiger partial charge in [0.05, 0.1) is 0 Å². The van der Waals surface area contributed by atoms with Gasteiger partial charge in [-0.05, 0) is 58.5 Å². The van der Waals surface area contributed by atoms with Crippen molar-refractivity contribution in [3.8, 4) is 28.4 Å². The summed E-state index contributed by atoms with van der Waals surface area (Å²) in [6.07, 6.45) is -2.33. The zero-order chi connectivity index (χ0) is 24.2. The lowest BCUT2D eigenvalue weighted by Gasteiger charge is -2.19. The monoisotopic (exact) mass is 456 g/mol. The van der Waals surface area contributed by atoms with Crippen molar-refractivity contribution in [1.82, 2.24) is 0 Å². The molecule has 0 unspecified atom stereocenters. The highest BCUT2D eigenvalue weighted by molar-refractivity contribution is 5.86. The maximum Gasteiger partial charge on any atom is 0.573 e. The van der Waals surface area contributed by atoms with Crippen molar-refractivity contribution in [3.63, 3.8) is 0 Å². The first-order valence-corrected chi connectivity index (χ1v) is 10.1. The molecule has 0 aliphatic carbocycles. The van der Waals surface area contributed by atoms with E-state index in [1.54, 1.807) is 18.2 Å². The number of aliphatic carboxylic acids is 1. The largest absolute Gasteiger partial charge is 0.573 e. The molecule has 3 aromatic carbocycles. The van der Waals surface area contributed by atoms with Crippen LogP contribution in [0.2, 0.25) is 0 Å². The van der Waals surface area contributed by atoms with Crippen molar-refractivity contribution in [2.24, 2.45) is 0 Å². The quantitative estimate of drug-likeness (QED) is 0.392. The average molecular weight is 456 g/mol. The van der Waals surface area contributed by atoms with Crippen LogP contribution >= 0.6 is 0 Å². The van der Waals surface area contributed by atoms with Crippen LogP contribution in [0.25, 0.3) is 17.2 Å². The Kier molecular flexibility index (Phi) is 6.81. The van der Waals surface area contributed by atoms with E-state index >= 15 is 0 Å². The van der Waals surface area contributed by atoms with E-state index < -0.39 is 12.3 Å². The van der Waals surface area contributed by atoms with Crippen molar-refractivity contribution in [1.29, 1.82) is 0 Å². The van der Waals surface area contributed by atoms with Crippen LogP contribution in [0.15, 0.2) is 72.8 Å². The number of hydrogen-bond acceptors (Lipinski definition) is 3. The highest BCUT2D eigenvalue weighted by Crippen LogP contribution is 2.34. The highest BCUT2D eigenvalue weighted by Gasteiger charge is 2.31. The van der Waals surface area contributed by atoms with Crippen molar-refractivity contribution in [2.75, 3.05) is 0 Å². The summed E-state index contributed by atoms with van der Waals surface area (Å²) in [5.41, 5.74) is 2.98. The van der Waals surface area contributed by atoms with Crippen molar-refractivity contribution < 1.29 is 32.5 Å². The van der Waals surface area contributed by atoms with Gasteiger partial charge in [-0.2, -0.15) is 0 Å². The summed E-state index contributed by atoms with van der Waals surface area (Å²) >= 11 is 0. The lowest BCUT2D eigenvalue weighted by atomic mass is 9.87. The molecular formula is C26H23F3O4. The molecule has 0 bridgehead atoms. The molecule has 33 heavy (non-hydrogen) atoms. The fraction of sp³-hybridized carbons (Fsp3) is 0.192. The number of carboxylic acid groups (broad SMARTS) is 1. The third-order valence-electron chi connectivity index (χ3n) is 4.79. The summed E-state index contributed by atoms with van der Waals surface area (Å²) in [6.45, 7) is 6.31. The van der Waals surface area contributed by atoms with Gasteiger partial charge in [-0.15, -0.1) is 13.2 Å². The molecule has 0 amide bonds. The first-order valence-electron chi connectivity index (χ1n) is 10.1. The summed E-state index contributed by atoms with van der Waals surface area (Å²) in [5, 5.41) is 8.98. The summed E-state index contributed by atoms with van der Waals surface area (Å²) in [4.78, 5) is 11.0. The first kappa shape index (κ1) is 23.9. The van der Waals surface area contributed by atoms with Gasteiger partial charge in [0.1, 0.15) is 17.2 Å². The first-order chi connectivity index (χ1) is 15.4. The molecule has 1 N–H and O–H groups in total. The SMILES string of the molecule is CC(C)(C)c1ccc(Oc2cc(-c3ccc(OC(F)(F)F)cc3)ccc2/C=C\C(=O)O)cc1. The number of ether oxygens (including phenoxy) is 2. The summed E-state index contributed by atoms with van der Waals surface area (Å²) in [6, 6.07) is 18.2. The van der Waals surface area contributed by atoms with Gasteiger partial charge in [-0.3, -0.25) is 0 Å². The Morgan fingerprint density at radius 2 is 1.42 bits per heavy atom. The molecule has 4 nitrogen and oxygen atoms in total. The Morgan fingerprint density at radius 1 is 0.848 bits per heavy atom. The number of halogens is 3. The Labute approximate surface area is 189 Å². The number of carbonyl (C=O) groups is 1. The molecule has 0 spiro atoms. The normalized spacial score (nSPS) is 12.1. The van der Waals surface area contributed by atoms with Gasteiger partial charge in [-0.25, -0.2) is 4.79 Å². The summed E-state index contributed by atoms with van der Waals surface area (Å²) in [7, 11) is 0. The van der Waals surface area contributed by atoms with E-state index in [4.69, 9.17) is 9.84 Å². The van der Waals surface area contributed by atoms with E-state index in [1.807, 2.05) is 24.3 Å². The zero-order valence-corrected chi connectivity index (χ0v) is 18.3. The Balaban J connectivity index is 1.93. The molecule has 0 aliphatic heterocycles. The van der Waals surface area contributed by atoms with Gasteiger partial charge in [0, 0.05) is 11.6 Å².